The van der Waals surface area contributed by atoms with Gasteiger partial charge in [0.2, 0.25) is 15.9 Å². The van der Waals surface area contributed by atoms with E-state index in [1.54, 1.807) is 6.92 Å². The van der Waals surface area contributed by atoms with E-state index in [1.165, 1.54) is 25.3 Å². The Balaban J connectivity index is 3.12. The van der Waals surface area contributed by atoms with Gasteiger partial charge in [0.25, 0.3) is 0 Å². The first-order valence-corrected chi connectivity index (χ1v) is 7.90. The molecule has 20 heavy (non-hydrogen) atoms. The molecule has 1 rings (SSSR count). The van der Waals surface area contributed by atoms with Gasteiger partial charge < -0.3 is 10.1 Å². The molecule has 0 radical (unpaired) electrons. The molecule has 0 fully saturated rings. The zero-order chi connectivity index (χ0) is 15.2. The first-order chi connectivity index (χ1) is 9.44. The molecule has 6 nitrogen and oxygen atoms in total. The molecule has 1 aromatic carbocycles. The second-order valence-electron chi connectivity index (χ2n) is 4.16. The van der Waals surface area contributed by atoms with Crippen LogP contribution >= 0.6 is 0 Å². The molecule has 2 N–H and O–H groups in total. The number of amides is 1. The van der Waals surface area contributed by atoms with E-state index in [1.807, 2.05) is 6.92 Å². The number of sulfonamides is 1. The number of nitrogens with one attached hydrogen (secondary N) is 2. The number of carbonyl (C=O) groups is 1. The lowest BCUT2D eigenvalue weighted by atomic mass is 10.2. The maximum atomic E-state index is 11.9. The summed E-state index contributed by atoms with van der Waals surface area (Å²) in [5, 5.41) is 2.66. The lowest BCUT2D eigenvalue weighted by Gasteiger charge is -2.12. The summed E-state index contributed by atoms with van der Waals surface area (Å²) in [6, 6.07) is 4.35. The van der Waals surface area contributed by atoms with E-state index in [2.05, 4.69) is 10.0 Å². The molecule has 0 heterocycles. The summed E-state index contributed by atoms with van der Waals surface area (Å²) in [4.78, 5) is 11.7. The SMILES string of the molecule is CCCC(=O)Nc1cc(S(=O)(=O)NCC)ccc1OC. The van der Waals surface area contributed by atoms with Crippen LogP contribution in [0, 0.1) is 0 Å². The number of hydrogen-bond donors (Lipinski definition) is 2. The number of methoxy groups -OCH3 is 1. The van der Waals surface area contributed by atoms with E-state index in [4.69, 9.17) is 4.74 Å². The van der Waals surface area contributed by atoms with Crippen molar-refractivity contribution in [1.29, 1.82) is 0 Å². The van der Waals surface area contributed by atoms with Crippen molar-refractivity contribution in [1.82, 2.24) is 4.72 Å². The Bertz CT molecular complexity index is 570. The average Bonchev–Trinajstić information content (AvgIpc) is 2.38. The van der Waals surface area contributed by atoms with Crippen molar-refractivity contribution in [2.75, 3.05) is 19.0 Å². The van der Waals surface area contributed by atoms with Crippen LogP contribution < -0.4 is 14.8 Å². The summed E-state index contributed by atoms with van der Waals surface area (Å²) < 4.78 is 31.4. The van der Waals surface area contributed by atoms with Crippen LogP contribution in [0.3, 0.4) is 0 Å². The predicted octanol–water partition coefficient (Wildman–Crippen LogP) is 1.73. The number of benzene rings is 1. The number of anilines is 1. The molecule has 0 aliphatic carbocycles. The monoisotopic (exact) mass is 300 g/mol. The topological polar surface area (TPSA) is 84.5 Å². The molecule has 0 spiro atoms. The van der Waals surface area contributed by atoms with E-state index >= 15 is 0 Å². The Morgan fingerprint density at radius 2 is 2.00 bits per heavy atom. The maximum absolute atomic E-state index is 11.9. The van der Waals surface area contributed by atoms with Gasteiger partial charge in [-0.1, -0.05) is 13.8 Å². The minimum absolute atomic E-state index is 0.0898. The average molecular weight is 300 g/mol. The molecule has 1 amide bonds. The third kappa shape index (κ3) is 4.21. The van der Waals surface area contributed by atoms with Crippen LogP contribution in [-0.4, -0.2) is 28.0 Å². The van der Waals surface area contributed by atoms with Gasteiger partial charge >= 0.3 is 0 Å². The number of hydrogen-bond acceptors (Lipinski definition) is 4. The van der Waals surface area contributed by atoms with E-state index in [0.29, 0.717) is 30.8 Å². The first-order valence-electron chi connectivity index (χ1n) is 6.42. The van der Waals surface area contributed by atoms with Gasteiger partial charge in [-0.25, -0.2) is 13.1 Å². The van der Waals surface area contributed by atoms with Gasteiger partial charge in [0.1, 0.15) is 5.75 Å². The molecule has 0 aromatic heterocycles. The summed E-state index contributed by atoms with van der Waals surface area (Å²) in [5.41, 5.74) is 0.352. The minimum atomic E-state index is -3.56. The molecule has 0 bridgehead atoms. The molecule has 0 aliphatic rings. The Kier molecular flexibility index (Phi) is 5.97. The predicted molar refractivity (Wildman–Crippen MR) is 77.4 cm³/mol. The van der Waals surface area contributed by atoms with Gasteiger partial charge in [-0.05, 0) is 24.6 Å². The van der Waals surface area contributed by atoms with Crippen molar-refractivity contribution < 1.29 is 17.9 Å². The highest BCUT2D eigenvalue weighted by atomic mass is 32.2. The van der Waals surface area contributed by atoms with Crippen LogP contribution in [0.4, 0.5) is 5.69 Å². The standard InChI is InChI=1S/C13H20N2O4S/c1-4-6-13(16)15-11-9-10(7-8-12(11)19-3)20(17,18)14-5-2/h7-9,14H,4-6H2,1-3H3,(H,15,16). The zero-order valence-electron chi connectivity index (χ0n) is 11.9. The highest BCUT2D eigenvalue weighted by molar-refractivity contribution is 7.89. The van der Waals surface area contributed by atoms with Crippen molar-refractivity contribution in [3.8, 4) is 5.75 Å². The summed E-state index contributed by atoms with van der Waals surface area (Å²) in [6.45, 7) is 3.89. The van der Waals surface area contributed by atoms with E-state index in [9.17, 15) is 13.2 Å². The third-order valence-electron chi connectivity index (χ3n) is 2.57. The lowest BCUT2D eigenvalue weighted by Crippen LogP contribution is -2.23. The third-order valence-corrected chi connectivity index (χ3v) is 4.11. The van der Waals surface area contributed by atoms with Crippen molar-refractivity contribution in [2.24, 2.45) is 0 Å². The summed E-state index contributed by atoms with van der Waals surface area (Å²) in [7, 11) is -2.10. The summed E-state index contributed by atoms with van der Waals surface area (Å²) in [5.74, 6) is 0.244. The molecule has 0 saturated heterocycles. The molecular weight excluding hydrogens is 280 g/mol. The summed E-state index contributed by atoms with van der Waals surface area (Å²) >= 11 is 0. The van der Waals surface area contributed by atoms with Crippen LogP contribution in [0.5, 0.6) is 5.75 Å². The second-order valence-corrected chi connectivity index (χ2v) is 5.93. The van der Waals surface area contributed by atoms with Gasteiger partial charge in [0.05, 0.1) is 17.7 Å². The lowest BCUT2D eigenvalue weighted by molar-refractivity contribution is -0.116. The fourth-order valence-electron chi connectivity index (χ4n) is 1.67. The zero-order valence-corrected chi connectivity index (χ0v) is 12.7. The molecular formula is C13H20N2O4S. The Labute approximate surface area is 119 Å². The Hall–Kier alpha value is -1.60. The second kappa shape index (κ2) is 7.25. The largest absolute Gasteiger partial charge is 0.495 e. The molecule has 7 heteroatoms. The van der Waals surface area contributed by atoms with Crippen LogP contribution in [0.25, 0.3) is 0 Å². The van der Waals surface area contributed by atoms with Gasteiger partial charge in [-0.3, -0.25) is 4.79 Å². The van der Waals surface area contributed by atoms with Crippen LogP contribution in [-0.2, 0) is 14.8 Å². The molecule has 0 aliphatic heterocycles. The van der Waals surface area contributed by atoms with Crippen molar-refractivity contribution in [2.45, 2.75) is 31.6 Å². The van der Waals surface area contributed by atoms with Crippen molar-refractivity contribution in [3.05, 3.63) is 18.2 Å². The molecule has 0 saturated carbocycles. The molecule has 1 aromatic rings. The van der Waals surface area contributed by atoms with Crippen molar-refractivity contribution >= 4 is 21.6 Å². The van der Waals surface area contributed by atoms with E-state index < -0.39 is 10.0 Å². The highest BCUT2D eigenvalue weighted by Gasteiger charge is 2.16. The smallest absolute Gasteiger partial charge is 0.240 e. The van der Waals surface area contributed by atoms with Gasteiger partial charge in [-0.15, -0.1) is 0 Å². The van der Waals surface area contributed by atoms with Gasteiger partial charge in [0.15, 0.2) is 0 Å². The fraction of sp³-hybridized carbons (Fsp3) is 0.462. The van der Waals surface area contributed by atoms with Crippen LogP contribution in [0.1, 0.15) is 26.7 Å². The number of ether oxygens (including phenoxy) is 1. The first kappa shape index (κ1) is 16.5. The van der Waals surface area contributed by atoms with E-state index in [-0.39, 0.29) is 10.8 Å². The number of carbonyl (C=O) groups excluding carboxylic acids is 1. The normalized spacial score (nSPS) is 11.2. The quantitative estimate of drug-likeness (QED) is 0.803. The Morgan fingerprint density at radius 3 is 2.55 bits per heavy atom. The highest BCUT2D eigenvalue weighted by Crippen LogP contribution is 2.27. The molecule has 0 unspecified atom stereocenters. The van der Waals surface area contributed by atoms with Crippen LogP contribution in [0.15, 0.2) is 23.1 Å². The van der Waals surface area contributed by atoms with Crippen LogP contribution in [0.2, 0.25) is 0 Å². The molecule has 0 atom stereocenters. The van der Waals surface area contributed by atoms with Gasteiger partial charge in [0, 0.05) is 13.0 Å². The number of rotatable bonds is 7. The Morgan fingerprint density at radius 1 is 1.30 bits per heavy atom. The summed E-state index contributed by atoms with van der Waals surface area (Å²) in [6.07, 6.45) is 1.08. The maximum Gasteiger partial charge on any atom is 0.240 e. The molecule has 112 valence electrons. The minimum Gasteiger partial charge on any atom is -0.495 e. The van der Waals surface area contributed by atoms with Gasteiger partial charge in [-0.2, -0.15) is 0 Å². The fourth-order valence-corrected chi connectivity index (χ4v) is 2.73. The van der Waals surface area contributed by atoms with Crippen molar-refractivity contribution in [3.63, 3.8) is 0 Å². The van der Waals surface area contributed by atoms with E-state index in [0.717, 1.165) is 0 Å².